The molecule has 0 saturated carbocycles. The zero-order chi connectivity index (χ0) is 18.1. The fraction of sp³-hybridized carbons (Fsp3) is 0.300. The van der Waals surface area contributed by atoms with Crippen molar-refractivity contribution in [2.45, 2.75) is 32.6 Å². The van der Waals surface area contributed by atoms with E-state index in [4.69, 9.17) is 9.47 Å². The van der Waals surface area contributed by atoms with Gasteiger partial charge in [0.05, 0.1) is 17.7 Å². The van der Waals surface area contributed by atoms with Gasteiger partial charge in [-0.15, -0.1) is 0 Å². The number of unbranched alkanes of at least 4 members (excludes halogenated alkanes) is 3. The Morgan fingerprint density at radius 2 is 1.52 bits per heavy atom. The monoisotopic (exact) mass is 404 g/mol. The van der Waals surface area contributed by atoms with Gasteiger partial charge in [0.1, 0.15) is 5.75 Å². The molecule has 0 saturated heterocycles. The Morgan fingerprint density at radius 1 is 0.880 bits per heavy atom. The van der Waals surface area contributed by atoms with Crippen molar-refractivity contribution in [1.29, 1.82) is 0 Å². The topological polar surface area (TPSA) is 52.6 Å². The summed E-state index contributed by atoms with van der Waals surface area (Å²) in [6.07, 6.45) is 4.09. The molecule has 0 radical (unpaired) electrons. The van der Waals surface area contributed by atoms with Crippen LogP contribution in [0, 0.1) is 0 Å². The molecular weight excluding hydrogens is 384 g/mol. The zero-order valence-electron chi connectivity index (χ0n) is 14.2. The van der Waals surface area contributed by atoms with E-state index >= 15 is 0 Å². The van der Waals surface area contributed by atoms with Gasteiger partial charge in [-0.2, -0.15) is 0 Å². The smallest absolute Gasteiger partial charge is 0.344 e. The summed E-state index contributed by atoms with van der Waals surface area (Å²) in [7, 11) is 0. The molecule has 0 N–H and O–H groups in total. The second-order valence-corrected chi connectivity index (χ2v) is 6.50. The molecule has 132 valence electrons. The number of ether oxygens (including phenoxy) is 2. The lowest BCUT2D eigenvalue weighted by molar-refractivity contribution is 0.0489. The number of hydrogen-bond acceptors (Lipinski definition) is 4. The van der Waals surface area contributed by atoms with Crippen LogP contribution in [0.5, 0.6) is 5.75 Å². The van der Waals surface area contributed by atoms with E-state index < -0.39 is 11.9 Å². The first-order valence-electron chi connectivity index (χ1n) is 8.35. The predicted molar refractivity (Wildman–Crippen MR) is 100.0 cm³/mol. The second kappa shape index (κ2) is 9.99. The number of rotatable bonds is 8. The van der Waals surface area contributed by atoms with E-state index in [-0.39, 0.29) is 11.1 Å². The van der Waals surface area contributed by atoms with Gasteiger partial charge in [-0.1, -0.05) is 54.2 Å². The summed E-state index contributed by atoms with van der Waals surface area (Å²) in [5.74, 6) is -0.670. The van der Waals surface area contributed by atoms with E-state index in [0.29, 0.717) is 12.4 Å². The number of halogens is 1. The molecule has 0 heterocycles. The summed E-state index contributed by atoms with van der Waals surface area (Å²) in [4.78, 5) is 24.7. The third-order valence-corrected chi connectivity index (χ3v) is 4.15. The van der Waals surface area contributed by atoms with Crippen molar-refractivity contribution in [3.63, 3.8) is 0 Å². The highest BCUT2D eigenvalue weighted by Crippen LogP contribution is 2.19. The van der Waals surface area contributed by atoms with Crippen molar-refractivity contribution in [2.75, 3.05) is 6.61 Å². The molecular formula is C20H21BrO4. The molecule has 0 atom stereocenters. The van der Waals surface area contributed by atoms with Crippen LogP contribution in [0.25, 0.3) is 0 Å². The average Bonchev–Trinajstić information content (AvgIpc) is 2.63. The summed E-state index contributed by atoms with van der Waals surface area (Å²) in [5, 5.41) is 0. The van der Waals surface area contributed by atoms with Crippen LogP contribution >= 0.6 is 15.9 Å². The van der Waals surface area contributed by atoms with E-state index in [1.807, 2.05) is 0 Å². The summed E-state index contributed by atoms with van der Waals surface area (Å²) < 4.78 is 11.5. The molecule has 2 aromatic rings. The van der Waals surface area contributed by atoms with Gasteiger partial charge in [0.25, 0.3) is 0 Å². The highest BCUT2D eigenvalue weighted by molar-refractivity contribution is 9.10. The Balaban J connectivity index is 2.02. The van der Waals surface area contributed by atoms with Gasteiger partial charge in [0.15, 0.2) is 0 Å². The Kier molecular flexibility index (Phi) is 7.67. The van der Waals surface area contributed by atoms with Gasteiger partial charge in [-0.25, -0.2) is 9.59 Å². The summed E-state index contributed by atoms with van der Waals surface area (Å²) in [6, 6.07) is 13.4. The number of benzene rings is 2. The third-order valence-electron chi connectivity index (χ3n) is 3.62. The van der Waals surface area contributed by atoms with Gasteiger partial charge < -0.3 is 9.47 Å². The van der Waals surface area contributed by atoms with Crippen LogP contribution < -0.4 is 4.74 Å². The van der Waals surface area contributed by atoms with Crippen molar-refractivity contribution < 1.29 is 19.1 Å². The Bertz CT molecular complexity index is 710. The van der Waals surface area contributed by atoms with Crippen LogP contribution in [-0.4, -0.2) is 18.5 Å². The molecule has 0 fully saturated rings. The maximum atomic E-state index is 12.4. The molecule has 4 nitrogen and oxygen atoms in total. The number of hydrogen-bond donors (Lipinski definition) is 0. The SMILES string of the molecule is CCCCCCOC(=O)c1ccccc1C(=O)Oc1ccc(Br)cc1. The third kappa shape index (κ3) is 6.02. The van der Waals surface area contributed by atoms with Crippen LogP contribution in [0.2, 0.25) is 0 Å². The molecule has 2 aromatic carbocycles. The minimum atomic E-state index is -0.583. The Labute approximate surface area is 156 Å². The number of esters is 2. The summed E-state index contributed by atoms with van der Waals surface area (Å²) in [5.41, 5.74) is 0.420. The standard InChI is InChI=1S/C20H21BrO4/c1-2-3-4-7-14-24-19(22)17-8-5-6-9-18(17)20(23)25-16-12-10-15(21)11-13-16/h5-6,8-13H,2-4,7,14H2,1H3. The van der Waals surface area contributed by atoms with Crippen LogP contribution in [0.4, 0.5) is 0 Å². The Morgan fingerprint density at radius 3 is 2.16 bits per heavy atom. The van der Waals surface area contributed by atoms with Gasteiger partial charge >= 0.3 is 11.9 Å². The van der Waals surface area contributed by atoms with Crippen LogP contribution in [-0.2, 0) is 4.74 Å². The lowest BCUT2D eigenvalue weighted by atomic mass is 10.1. The normalized spacial score (nSPS) is 10.3. The molecule has 0 aliphatic heterocycles. The first-order valence-corrected chi connectivity index (χ1v) is 9.15. The highest BCUT2D eigenvalue weighted by Gasteiger charge is 2.19. The predicted octanol–water partition coefficient (Wildman–Crippen LogP) is 5.41. The average molecular weight is 405 g/mol. The molecule has 0 aromatic heterocycles. The highest BCUT2D eigenvalue weighted by atomic mass is 79.9. The molecule has 0 aliphatic carbocycles. The lowest BCUT2D eigenvalue weighted by Gasteiger charge is -2.09. The zero-order valence-corrected chi connectivity index (χ0v) is 15.8. The molecule has 2 rings (SSSR count). The molecule has 0 amide bonds. The maximum Gasteiger partial charge on any atom is 0.344 e. The number of carbonyl (C=O) groups is 2. The van der Waals surface area contributed by atoms with Crippen molar-refractivity contribution >= 4 is 27.9 Å². The number of carbonyl (C=O) groups excluding carboxylic acids is 2. The summed E-state index contributed by atoms with van der Waals surface area (Å²) in [6.45, 7) is 2.48. The van der Waals surface area contributed by atoms with E-state index in [1.54, 1.807) is 48.5 Å². The summed E-state index contributed by atoms with van der Waals surface area (Å²) >= 11 is 3.33. The van der Waals surface area contributed by atoms with Gasteiger partial charge in [-0.05, 0) is 42.8 Å². The van der Waals surface area contributed by atoms with E-state index in [9.17, 15) is 9.59 Å². The fourth-order valence-corrected chi connectivity index (χ4v) is 2.54. The van der Waals surface area contributed by atoms with Crippen molar-refractivity contribution in [2.24, 2.45) is 0 Å². The van der Waals surface area contributed by atoms with Gasteiger partial charge in [0, 0.05) is 4.47 Å². The first kappa shape index (κ1) is 19.2. The van der Waals surface area contributed by atoms with Crippen LogP contribution in [0.1, 0.15) is 53.3 Å². The minimum absolute atomic E-state index is 0.198. The van der Waals surface area contributed by atoms with Crippen molar-refractivity contribution in [3.8, 4) is 5.75 Å². The molecule has 0 aliphatic rings. The van der Waals surface area contributed by atoms with E-state index in [2.05, 4.69) is 22.9 Å². The second-order valence-electron chi connectivity index (χ2n) is 5.59. The fourth-order valence-electron chi connectivity index (χ4n) is 2.28. The van der Waals surface area contributed by atoms with E-state index in [0.717, 1.165) is 30.2 Å². The molecule has 25 heavy (non-hydrogen) atoms. The van der Waals surface area contributed by atoms with Crippen LogP contribution in [0.3, 0.4) is 0 Å². The minimum Gasteiger partial charge on any atom is -0.462 e. The molecule has 0 spiro atoms. The largest absolute Gasteiger partial charge is 0.462 e. The van der Waals surface area contributed by atoms with Crippen molar-refractivity contribution in [1.82, 2.24) is 0 Å². The first-order chi connectivity index (χ1) is 12.1. The molecule has 0 unspecified atom stereocenters. The quantitative estimate of drug-likeness (QED) is 0.335. The maximum absolute atomic E-state index is 12.4. The van der Waals surface area contributed by atoms with Gasteiger partial charge in [0.2, 0.25) is 0 Å². The lowest BCUT2D eigenvalue weighted by Crippen LogP contribution is -2.16. The van der Waals surface area contributed by atoms with Crippen molar-refractivity contribution in [3.05, 3.63) is 64.1 Å². The van der Waals surface area contributed by atoms with E-state index in [1.165, 1.54) is 0 Å². The van der Waals surface area contributed by atoms with Gasteiger partial charge in [-0.3, -0.25) is 0 Å². The molecule has 0 bridgehead atoms. The molecule has 5 heteroatoms. The Hall–Kier alpha value is -2.14. The van der Waals surface area contributed by atoms with Crippen LogP contribution in [0.15, 0.2) is 53.0 Å².